The van der Waals surface area contributed by atoms with Gasteiger partial charge in [-0.25, -0.2) is 4.68 Å². The Morgan fingerprint density at radius 1 is 1.05 bits per heavy atom. The van der Waals surface area contributed by atoms with Gasteiger partial charge >= 0.3 is 0 Å². The van der Waals surface area contributed by atoms with Gasteiger partial charge in [0.25, 0.3) is 5.91 Å². The molecule has 5 nitrogen and oxygen atoms in total. The molecule has 1 aromatic heterocycles. The molecule has 0 aliphatic carbocycles. The number of benzene rings is 2. The molecule has 5 heteroatoms. The summed E-state index contributed by atoms with van der Waals surface area (Å²) in [6, 6.07) is 15.7. The number of hydrogen-bond donors (Lipinski definition) is 0. The van der Waals surface area contributed by atoms with Crippen LogP contribution in [0.5, 0.6) is 0 Å². The Morgan fingerprint density at radius 2 is 1.82 bits per heavy atom. The number of carbonyl (C=O) groups excluding carboxylic acids is 1. The van der Waals surface area contributed by atoms with Crippen LogP contribution in [0.25, 0.3) is 11.0 Å². The Bertz CT molecular complexity index is 818. The van der Waals surface area contributed by atoms with E-state index in [0.717, 1.165) is 41.7 Å². The number of para-hydroxylation sites is 1. The first-order chi connectivity index (χ1) is 10.8. The van der Waals surface area contributed by atoms with Gasteiger partial charge in [-0.1, -0.05) is 29.5 Å². The standard InChI is InChI=1S/C17H16N4O/c22-17(20-10-3-11-20)14-8-6-13(7-9-14)12-21-16-5-2-1-4-15(16)18-19-21/h1-2,4-9H,3,10-12H2. The number of amides is 1. The summed E-state index contributed by atoms with van der Waals surface area (Å²) >= 11 is 0. The van der Waals surface area contributed by atoms with Crippen LogP contribution >= 0.6 is 0 Å². The largest absolute Gasteiger partial charge is 0.339 e. The maximum atomic E-state index is 12.1. The molecule has 1 fully saturated rings. The molecule has 0 radical (unpaired) electrons. The highest BCUT2D eigenvalue weighted by Gasteiger charge is 2.21. The summed E-state index contributed by atoms with van der Waals surface area (Å²) in [6.07, 6.45) is 1.11. The first-order valence-electron chi connectivity index (χ1n) is 7.48. The van der Waals surface area contributed by atoms with Crippen molar-refractivity contribution in [3.8, 4) is 0 Å². The van der Waals surface area contributed by atoms with Crippen LogP contribution in [0.15, 0.2) is 48.5 Å². The second-order valence-electron chi connectivity index (χ2n) is 5.58. The fraction of sp³-hybridized carbons (Fsp3) is 0.235. The van der Waals surface area contributed by atoms with Crippen LogP contribution in [0.2, 0.25) is 0 Å². The van der Waals surface area contributed by atoms with Crippen molar-refractivity contribution in [3.63, 3.8) is 0 Å². The highest BCUT2D eigenvalue weighted by Crippen LogP contribution is 2.15. The SMILES string of the molecule is O=C(c1ccc(Cn2nnc3ccccc32)cc1)N1CCC1. The van der Waals surface area contributed by atoms with Gasteiger partial charge in [-0.15, -0.1) is 5.10 Å². The number of likely N-dealkylation sites (tertiary alicyclic amines) is 1. The minimum absolute atomic E-state index is 0.129. The smallest absolute Gasteiger partial charge is 0.253 e. The van der Waals surface area contributed by atoms with Gasteiger partial charge in [0.15, 0.2) is 0 Å². The van der Waals surface area contributed by atoms with E-state index in [2.05, 4.69) is 10.3 Å². The first kappa shape index (κ1) is 13.0. The fourth-order valence-corrected chi connectivity index (χ4v) is 2.66. The quantitative estimate of drug-likeness (QED) is 0.744. The molecule has 1 amide bonds. The minimum Gasteiger partial charge on any atom is -0.339 e. The molecular formula is C17H16N4O. The number of fused-ring (bicyclic) bond motifs is 1. The van der Waals surface area contributed by atoms with Crippen LogP contribution in [0, 0.1) is 0 Å². The summed E-state index contributed by atoms with van der Waals surface area (Å²) in [7, 11) is 0. The lowest BCUT2D eigenvalue weighted by atomic mass is 10.1. The summed E-state index contributed by atoms with van der Waals surface area (Å²) in [5.74, 6) is 0.129. The number of rotatable bonds is 3. The van der Waals surface area contributed by atoms with Crippen molar-refractivity contribution in [2.24, 2.45) is 0 Å². The van der Waals surface area contributed by atoms with Crippen LogP contribution in [0.3, 0.4) is 0 Å². The first-order valence-corrected chi connectivity index (χ1v) is 7.48. The van der Waals surface area contributed by atoms with E-state index in [1.54, 1.807) is 0 Å². The molecule has 0 N–H and O–H groups in total. The molecule has 1 aliphatic rings. The van der Waals surface area contributed by atoms with Crippen molar-refractivity contribution < 1.29 is 4.79 Å². The van der Waals surface area contributed by atoms with Gasteiger partial charge in [0.1, 0.15) is 5.52 Å². The number of aromatic nitrogens is 3. The molecule has 2 aromatic carbocycles. The number of carbonyl (C=O) groups is 1. The highest BCUT2D eigenvalue weighted by atomic mass is 16.2. The molecule has 0 spiro atoms. The second kappa shape index (κ2) is 5.26. The van der Waals surface area contributed by atoms with Crippen molar-refractivity contribution in [3.05, 3.63) is 59.7 Å². The Labute approximate surface area is 128 Å². The van der Waals surface area contributed by atoms with E-state index < -0.39 is 0 Å². The van der Waals surface area contributed by atoms with E-state index in [1.165, 1.54) is 0 Å². The maximum absolute atomic E-state index is 12.1. The Kier molecular flexibility index (Phi) is 3.11. The summed E-state index contributed by atoms with van der Waals surface area (Å²) in [6.45, 7) is 2.41. The highest BCUT2D eigenvalue weighted by molar-refractivity contribution is 5.94. The molecule has 110 valence electrons. The monoisotopic (exact) mass is 292 g/mol. The summed E-state index contributed by atoms with van der Waals surface area (Å²) in [5, 5.41) is 8.34. The van der Waals surface area contributed by atoms with Crippen molar-refractivity contribution in [1.29, 1.82) is 0 Å². The molecule has 0 bridgehead atoms. The molecule has 1 aliphatic heterocycles. The lowest BCUT2D eigenvalue weighted by Crippen LogP contribution is -2.41. The molecule has 1 saturated heterocycles. The molecule has 0 saturated carbocycles. The number of hydrogen-bond acceptors (Lipinski definition) is 3. The lowest BCUT2D eigenvalue weighted by Gasteiger charge is -2.30. The third-order valence-corrected chi connectivity index (χ3v) is 4.10. The average Bonchev–Trinajstić information content (AvgIpc) is 2.90. The van der Waals surface area contributed by atoms with Crippen molar-refractivity contribution >= 4 is 16.9 Å². The van der Waals surface area contributed by atoms with E-state index in [1.807, 2.05) is 58.1 Å². The van der Waals surface area contributed by atoms with Crippen LogP contribution in [0.4, 0.5) is 0 Å². The topological polar surface area (TPSA) is 51.0 Å². The molecular weight excluding hydrogens is 276 g/mol. The average molecular weight is 292 g/mol. The lowest BCUT2D eigenvalue weighted by molar-refractivity contribution is 0.0652. The van der Waals surface area contributed by atoms with Gasteiger partial charge in [0.2, 0.25) is 0 Å². The molecule has 2 heterocycles. The zero-order chi connectivity index (χ0) is 14.9. The van der Waals surface area contributed by atoms with Gasteiger partial charge < -0.3 is 4.90 Å². The van der Waals surface area contributed by atoms with E-state index in [9.17, 15) is 4.79 Å². The van der Waals surface area contributed by atoms with Crippen molar-refractivity contribution in [1.82, 2.24) is 19.9 Å². The van der Waals surface area contributed by atoms with E-state index in [4.69, 9.17) is 0 Å². The predicted octanol–water partition coefficient (Wildman–Crippen LogP) is 2.33. The van der Waals surface area contributed by atoms with Crippen molar-refractivity contribution in [2.75, 3.05) is 13.1 Å². The predicted molar refractivity (Wildman–Crippen MR) is 83.6 cm³/mol. The van der Waals surface area contributed by atoms with E-state index in [0.29, 0.717) is 6.54 Å². The molecule has 4 rings (SSSR count). The van der Waals surface area contributed by atoms with Crippen LogP contribution < -0.4 is 0 Å². The van der Waals surface area contributed by atoms with Crippen LogP contribution in [-0.2, 0) is 6.54 Å². The van der Waals surface area contributed by atoms with Gasteiger partial charge in [-0.2, -0.15) is 0 Å². The minimum atomic E-state index is 0.129. The fourth-order valence-electron chi connectivity index (χ4n) is 2.66. The Hall–Kier alpha value is -2.69. The maximum Gasteiger partial charge on any atom is 0.253 e. The van der Waals surface area contributed by atoms with Gasteiger partial charge in [-0.3, -0.25) is 4.79 Å². The summed E-state index contributed by atoms with van der Waals surface area (Å²) in [5.41, 5.74) is 3.78. The molecule has 0 unspecified atom stereocenters. The van der Waals surface area contributed by atoms with Gasteiger partial charge in [0.05, 0.1) is 12.1 Å². The normalized spacial score (nSPS) is 14.1. The van der Waals surface area contributed by atoms with Gasteiger partial charge in [-0.05, 0) is 36.2 Å². The Balaban J connectivity index is 1.54. The third-order valence-electron chi connectivity index (χ3n) is 4.10. The zero-order valence-corrected chi connectivity index (χ0v) is 12.1. The molecule has 22 heavy (non-hydrogen) atoms. The molecule has 0 atom stereocenters. The third kappa shape index (κ3) is 2.24. The zero-order valence-electron chi connectivity index (χ0n) is 12.1. The molecule has 3 aromatic rings. The number of nitrogens with zero attached hydrogens (tertiary/aromatic N) is 4. The van der Waals surface area contributed by atoms with E-state index in [-0.39, 0.29) is 5.91 Å². The van der Waals surface area contributed by atoms with Crippen LogP contribution in [-0.4, -0.2) is 38.9 Å². The van der Waals surface area contributed by atoms with E-state index >= 15 is 0 Å². The van der Waals surface area contributed by atoms with Gasteiger partial charge in [0, 0.05) is 18.7 Å². The van der Waals surface area contributed by atoms with Crippen LogP contribution in [0.1, 0.15) is 22.3 Å². The summed E-state index contributed by atoms with van der Waals surface area (Å²) in [4.78, 5) is 14.0. The van der Waals surface area contributed by atoms with Crippen molar-refractivity contribution in [2.45, 2.75) is 13.0 Å². The Morgan fingerprint density at radius 3 is 2.55 bits per heavy atom. The summed E-state index contributed by atoms with van der Waals surface area (Å²) < 4.78 is 1.88. The second-order valence-corrected chi connectivity index (χ2v) is 5.58.